The second-order valence-corrected chi connectivity index (χ2v) is 8.00. The molecule has 0 spiro atoms. The number of rotatable bonds is 12. The lowest BCUT2D eigenvalue weighted by Gasteiger charge is -2.03. The van der Waals surface area contributed by atoms with Gasteiger partial charge in [0.05, 0.1) is 32.0 Å². The molecule has 22 heteroatoms. The third-order valence-electron chi connectivity index (χ3n) is 4.58. The van der Waals surface area contributed by atoms with Gasteiger partial charge in [0.25, 0.3) is 0 Å². The highest BCUT2D eigenvalue weighted by atomic mass is 19.1. The van der Waals surface area contributed by atoms with E-state index in [4.69, 9.17) is 22.2 Å². The van der Waals surface area contributed by atoms with Gasteiger partial charge in [-0.3, -0.25) is 0 Å². The number of hydrogen-bond donors (Lipinski definition) is 2. The lowest BCUT2D eigenvalue weighted by Crippen LogP contribution is -2.18. The molecule has 0 bridgehead atoms. The summed E-state index contributed by atoms with van der Waals surface area (Å²) in [6.45, 7) is -1.31. The van der Waals surface area contributed by atoms with Crippen LogP contribution in [-0.4, -0.2) is 106 Å². The van der Waals surface area contributed by atoms with E-state index in [-0.39, 0.29) is 50.9 Å². The number of halogens is 3. The molecule has 4 heterocycles. The molecule has 3 unspecified atom stereocenters. The predicted molar refractivity (Wildman–Crippen MR) is 139 cm³/mol. The second kappa shape index (κ2) is 19.9. The van der Waals surface area contributed by atoms with Crippen LogP contribution < -0.4 is 0 Å². The van der Waals surface area contributed by atoms with Crippen LogP contribution in [0.15, 0.2) is 36.1 Å². The fourth-order valence-electron chi connectivity index (χ4n) is 2.57. The molecule has 3 aromatic heterocycles. The Hall–Kier alpha value is -5.10. The van der Waals surface area contributed by atoms with Crippen molar-refractivity contribution in [2.24, 2.45) is 5.11 Å². The van der Waals surface area contributed by atoms with Crippen LogP contribution in [0.5, 0.6) is 0 Å². The molecule has 0 aliphatic carbocycles. The van der Waals surface area contributed by atoms with Gasteiger partial charge in [-0.15, -0.1) is 11.5 Å². The maximum atomic E-state index is 12.1. The van der Waals surface area contributed by atoms with Crippen LogP contribution in [0.3, 0.4) is 0 Å². The first-order valence-electron chi connectivity index (χ1n) is 11.9. The molecule has 4 rings (SSSR count). The van der Waals surface area contributed by atoms with E-state index >= 15 is 0 Å². The molecule has 2 N–H and O–H groups in total. The number of ether oxygens (including phenoxy) is 1. The monoisotopic (exact) mass is 616 g/mol. The predicted octanol–water partition coefficient (Wildman–Crippen LogP) is 1.17. The Kier molecular flexibility index (Phi) is 16.6. The first kappa shape index (κ1) is 35.9. The minimum absolute atomic E-state index is 0.0183. The molecule has 3 atom stereocenters. The Morgan fingerprint density at radius 2 is 1.72 bits per heavy atom. The zero-order valence-electron chi connectivity index (χ0n) is 22.3. The van der Waals surface area contributed by atoms with Crippen molar-refractivity contribution in [3.05, 3.63) is 67.3 Å². The quantitative estimate of drug-likeness (QED) is 0.0555. The molecular weight excluding hydrogens is 589 g/mol. The van der Waals surface area contributed by atoms with Crippen LogP contribution in [0.1, 0.15) is 5.69 Å². The summed E-state index contributed by atoms with van der Waals surface area (Å²) in [5.41, 5.74) is 8.09. The highest BCUT2D eigenvalue weighted by Gasteiger charge is 2.21. The van der Waals surface area contributed by atoms with Gasteiger partial charge in [-0.05, 0) is 15.4 Å². The van der Waals surface area contributed by atoms with Gasteiger partial charge in [-0.2, -0.15) is 0 Å². The number of terminal acetylenes is 1. The van der Waals surface area contributed by atoms with Crippen molar-refractivity contribution in [2.75, 3.05) is 33.2 Å². The summed E-state index contributed by atoms with van der Waals surface area (Å²) in [5.74, 6) is 1.77. The van der Waals surface area contributed by atoms with Crippen molar-refractivity contribution in [1.29, 1.82) is 0 Å². The van der Waals surface area contributed by atoms with Gasteiger partial charge in [-0.25, -0.2) is 27.0 Å². The zero-order valence-corrected chi connectivity index (χ0v) is 22.3. The number of azide groups is 1. The molecule has 0 amide bonds. The average Bonchev–Trinajstić information content (AvgIpc) is 3.31. The topological polar surface area (TPSA) is 254 Å². The van der Waals surface area contributed by atoms with Crippen LogP contribution in [-0.2, 0) is 24.4 Å². The Morgan fingerprint density at radius 3 is 2.19 bits per heavy atom. The van der Waals surface area contributed by atoms with E-state index < -0.39 is 35.4 Å². The molecule has 3 aromatic rings. The van der Waals surface area contributed by atoms with E-state index in [1.807, 2.05) is 0 Å². The molecule has 1 fully saturated rings. The van der Waals surface area contributed by atoms with Gasteiger partial charge in [0.15, 0.2) is 0 Å². The Balaban J connectivity index is 0.000000324. The molecule has 19 nitrogen and oxygen atoms in total. The maximum absolute atomic E-state index is 12.1. The smallest absolute Gasteiger partial charge is 0.390 e. The van der Waals surface area contributed by atoms with Crippen molar-refractivity contribution in [3.63, 3.8) is 0 Å². The minimum atomic E-state index is -1.14. The van der Waals surface area contributed by atoms with E-state index in [2.05, 4.69) is 41.0 Å². The largest absolute Gasteiger partial charge is 0.435 e. The Bertz CT molecular complexity index is 1350. The first-order chi connectivity index (χ1) is 20.6. The summed E-state index contributed by atoms with van der Waals surface area (Å²) < 4.78 is 42.8. The number of aromatic nitrogens is 7. The Labute approximate surface area is 240 Å². The number of hydrogen-bond acceptors (Lipinski definition) is 12. The molecule has 0 aromatic carbocycles. The number of nitrogens with zero attached hydrogens (tertiary/aromatic N) is 12. The highest BCUT2D eigenvalue weighted by molar-refractivity contribution is 5.10. The van der Waals surface area contributed by atoms with E-state index in [0.717, 1.165) is 0 Å². The molecule has 234 valence electrons. The molecule has 1 aliphatic rings. The van der Waals surface area contributed by atoms with Gasteiger partial charge in [0, 0.05) is 4.91 Å². The Morgan fingerprint density at radius 1 is 1.14 bits per heavy atom. The number of imidazole rings is 2. The van der Waals surface area contributed by atoms with Crippen molar-refractivity contribution in [3.8, 4) is 12.3 Å². The fraction of sp³-hybridized carbons (Fsp3) is 0.524. The van der Waals surface area contributed by atoms with Gasteiger partial charge >= 0.3 is 11.9 Å². The van der Waals surface area contributed by atoms with Gasteiger partial charge < -0.3 is 35.2 Å². The molecular formula is C21H27F3N12O7. The number of nitro groups is 2. The minimum Gasteiger partial charge on any atom is -0.390 e. The average molecular weight is 617 g/mol. The van der Waals surface area contributed by atoms with E-state index in [9.17, 15) is 33.4 Å². The lowest BCUT2D eigenvalue weighted by atomic mass is 10.4. The molecule has 1 saturated heterocycles. The number of aliphatic hydroxyl groups excluding tert-OH is 2. The van der Waals surface area contributed by atoms with Crippen LogP contribution >= 0.6 is 0 Å². The summed E-state index contributed by atoms with van der Waals surface area (Å²) in [6.07, 6.45) is 9.73. The van der Waals surface area contributed by atoms with Gasteiger partial charge in [0.2, 0.25) is 0 Å². The standard InChI is InChI=1S/C9H11FN6O3.C6H5N3O2.C3H6FN3O.C3H5FO/c10-3-8(17)6-15-5-7(12-13-15)4-14-2-1-11-9(14)16(18)19;1-2-4-8-5-3-7-6(8)9(10)11;4-1-3(8)2-6-7-5;4-1-3-2-5-3/h1-2,5,8,17H,3-4,6H2;1,3,5H,4H2;3,8H,1-2H2;3H,1-2H2. The van der Waals surface area contributed by atoms with Crippen LogP contribution in [0.4, 0.5) is 25.1 Å². The lowest BCUT2D eigenvalue weighted by molar-refractivity contribution is -0.396. The van der Waals surface area contributed by atoms with Gasteiger partial charge in [-0.1, -0.05) is 26.2 Å². The second-order valence-electron chi connectivity index (χ2n) is 8.00. The number of aliphatic hydroxyl groups is 2. The van der Waals surface area contributed by atoms with Crippen molar-refractivity contribution < 1.29 is 38.0 Å². The van der Waals surface area contributed by atoms with Crippen molar-refractivity contribution in [2.45, 2.75) is 37.9 Å². The summed E-state index contributed by atoms with van der Waals surface area (Å²) in [4.78, 5) is 29.1. The maximum Gasteiger partial charge on any atom is 0.435 e. The summed E-state index contributed by atoms with van der Waals surface area (Å²) in [6, 6.07) is 0. The highest BCUT2D eigenvalue weighted by Crippen LogP contribution is 2.10. The molecule has 43 heavy (non-hydrogen) atoms. The zero-order chi connectivity index (χ0) is 32.2. The summed E-state index contributed by atoms with van der Waals surface area (Å²) in [7, 11) is 0. The van der Waals surface area contributed by atoms with Crippen molar-refractivity contribution in [1.82, 2.24) is 34.1 Å². The number of epoxide rings is 1. The third kappa shape index (κ3) is 14.4. The summed E-state index contributed by atoms with van der Waals surface area (Å²) >= 11 is 0. The molecule has 0 radical (unpaired) electrons. The van der Waals surface area contributed by atoms with Crippen LogP contribution in [0.25, 0.3) is 10.4 Å². The van der Waals surface area contributed by atoms with E-state index in [1.165, 1.54) is 44.8 Å². The van der Waals surface area contributed by atoms with E-state index in [1.54, 1.807) is 0 Å². The number of alkyl halides is 3. The fourth-order valence-corrected chi connectivity index (χ4v) is 2.57. The third-order valence-corrected chi connectivity index (χ3v) is 4.58. The van der Waals surface area contributed by atoms with Crippen LogP contribution in [0.2, 0.25) is 0 Å². The molecule has 0 saturated carbocycles. The SMILES string of the molecule is C#CCn1ccnc1[N+](=O)[O-].FCC1CO1.O=[N+]([O-])c1nccn1Cc1cn(CC(O)CF)nn1.[N-]=[N+]=NCC(O)CF. The molecule has 1 aliphatic heterocycles. The first-order valence-corrected chi connectivity index (χ1v) is 11.9. The van der Waals surface area contributed by atoms with Crippen molar-refractivity contribution >= 4 is 11.9 Å². The normalized spacial score (nSPS) is 14.1. The van der Waals surface area contributed by atoms with Gasteiger partial charge in [0.1, 0.15) is 75.8 Å². The van der Waals surface area contributed by atoms with Crippen LogP contribution in [0, 0.1) is 32.6 Å². The van der Waals surface area contributed by atoms with E-state index in [0.29, 0.717) is 12.3 Å². The summed E-state index contributed by atoms with van der Waals surface area (Å²) in [5, 5.41) is 48.8.